The van der Waals surface area contributed by atoms with Crippen LogP contribution in [0.4, 0.5) is 0 Å². The van der Waals surface area contributed by atoms with E-state index in [2.05, 4.69) is 41.9 Å². The molecule has 0 atom stereocenters. The average molecular weight is 650 g/mol. The first-order chi connectivity index (χ1) is 17.7. The Hall–Kier alpha value is -3.21. The van der Waals surface area contributed by atoms with Gasteiger partial charge >= 0.3 is 5.97 Å². The lowest BCUT2D eigenvalue weighted by Gasteiger charge is -2.15. The fourth-order valence-electron chi connectivity index (χ4n) is 3.55. The highest BCUT2D eigenvalue weighted by molar-refractivity contribution is 9.10. The van der Waals surface area contributed by atoms with Crippen molar-refractivity contribution < 1.29 is 19.4 Å². The van der Waals surface area contributed by atoms with Crippen LogP contribution >= 0.6 is 43.5 Å². The first-order valence-electron chi connectivity index (χ1n) is 11.0. The summed E-state index contributed by atoms with van der Waals surface area (Å²) in [6.45, 7) is 2.04. The maximum Gasteiger partial charge on any atom is 0.335 e. The number of carboxylic acids is 1. The number of carboxylic acid groups (broad SMARTS) is 1. The molecule has 1 N–H and O–H groups in total. The van der Waals surface area contributed by atoms with Crippen molar-refractivity contribution in [2.75, 3.05) is 7.11 Å². The Morgan fingerprint density at radius 2 is 1.92 bits per heavy atom. The summed E-state index contributed by atoms with van der Waals surface area (Å²) in [6, 6.07) is 13.4. The van der Waals surface area contributed by atoms with Gasteiger partial charge in [-0.1, -0.05) is 46.6 Å². The molecule has 190 valence electrons. The van der Waals surface area contributed by atoms with Crippen molar-refractivity contribution in [3.05, 3.63) is 95.4 Å². The molecule has 0 aliphatic carbocycles. The number of aromatic carboxylic acids is 1. The lowest BCUT2D eigenvalue weighted by molar-refractivity contribution is 0.0697. The van der Waals surface area contributed by atoms with Gasteiger partial charge in [0.05, 0.1) is 29.8 Å². The van der Waals surface area contributed by atoms with Gasteiger partial charge in [0.2, 0.25) is 0 Å². The molecule has 0 spiro atoms. The summed E-state index contributed by atoms with van der Waals surface area (Å²) in [4.78, 5) is 28.8. The first kappa shape index (κ1) is 26.8. The van der Waals surface area contributed by atoms with E-state index >= 15 is 0 Å². The van der Waals surface area contributed by atoms with Crippen LogP contribution in [0.25, 0.3) is 10.9 Å². The van der Waals surface area contributed by atoms with Gasteiger partial charge in [0.15, 0.2) is 11.5 Å². The molecule has 1 aromatic heterocycles. The summed E-state index contributed by atoms with van der Waals surface area (Å²) in [6.07, 6.45) is 2.00. The second kappa shape index (κ2) is 11.5. The van der Waals surface area contributed by atoms with Gasteiger partial charge in [-0.25, -0.2) is 9.78 Å². The number of carbonyl (C=O) groups is 1. The summed E-state index contributed by atoms with van der Waals surface area (Å²) in [7, 11) is 1.49. The molecule has 0 unspecified atom stereocenters. The van der Waals surface area contributed by atoms with Crippen LogP contribution < -0.4 is 15.0 Å². The third-order valence-electron chi connectivity index (χ3n) is 5.46. The van der Waals surface area contributed by atoms with Crippen LogP contribution in [0.5, 0.6) is 11.5 Å². The number of ether oxygens (including phenoxy) is 2. The highest BCUT2D eigenvalue weighted by atomic mass is 79.9. The Morgan fingerprint density at radius 1 is 1.19 bits per heavy atom. The van der Waals surface area contributed by atoms with E-state index in [0.29, 0.717) is 44.7 Å². The van der Waals surface area contributed by atoms with Crippen molar-refractivity contribution in [2.45, 2.75) is 20.0 Å². The molecule has 0 saturated carbocycles. The highest BCUT2D eigenvalue weighted by Gasteiger charge is 2.18. The Kier molecular flexibility index (Phi) is 8.31. The molecule has 11 heteroatoms. The van der Waals surface area contributed by atoms with Crippen molar-refractivity contribution in [2.24, 2.45) is 5.10 Å². The molecule has 4 aromatic rings. The van der Waals surface area contributed by atoms with E-state index in [1.807, 2.05) is 13.0 Å². The SMILES string of the molecule is CCc1nc2ccc(Br)cc2c(=O)n1N=Cc1cc(OC)c(OCc2ccc(C(=O)O)cc2)c(Cl)c1Br. The Morgan fingerprint density at radius 3 is 2.57 bits per heavy atom. The van der Waals surface area contributed by atoms with Gasteiger partial charge in [0, 0.05) is 20.9 Å². The van der Waals surface area contributed by atoms with E-state index in [1.54, 1.807) is 30.3 Å². The molecule has 37 heavy (non-hydrogen) atoms. The predicted molar refractivity (Wildman–Crippen MR) is 150 cm³/mol. The van der Waals surface area contributed by atoms with Crippen LogP contribution in [-0.4, -0.2) is 34.1 Å². The summed E-state index contributed by atoms with van der Waals surface area (Å²) >= 11 is 13.5. The Balaban J connectivity index is 1.67. The molecule has 0 radical (unpaired) electrons. The van der Waals surface area contributed by atoms with Crippen molar-refractivity contribution in [3.63, 3.8) is 0 Å². The Labute approximate surface area is 233 Å². The molecule has 1 heterocycles. The molecule has 0 amide bonds. The largest absolute Gasteiger partial charge is 0.493 e. The standard InChI is InChI=1S/C26H20Br2ClN3O5/c1-3-21-31-19-9-8-17(27)11-18(19)25(33)32(21)30-12-16-10-20(36-2)24(23(29)22(16)28)37-13-14-4-6-15(7-5-14)26(34)35/h4-12H,3,13H2,1-2H3,(H,34,35). The van der Waals surface area contributed by atoms with Crippen LogP contribution in [0.2, 0.25) is 5.02 Å². The predicted octanol–water partition coefficient (Wildman–Crippen LogP) is 6.31. The molecule has 0 fully saturated rings. The van der Waals surface area contributed by atoms with Crippen molar-refractivity contribution in [1.82, 2.24) is 9.66 Å². The van der Waals surface area contributed by atoms with E-state index in [0.717, 1.165) is 10.0 Å². The zero-order valence-corrected chi connectivity index (χ0v) is 23.6. The van der Waals surface area contributed by atoms with Gasteiger partial charge in [-0.15, -0.1) is 0 Å². The van der Waals surface area contributed by atoms with Crippen molar-refractivity contribution in [1.29, 1.82) is 0 Å². The monoisotopic (exact) mass is 647 g/mol. The fourth-order valence-corrected chi connectivity index (χ4v) is 4.56. The number of halogens is 3. The molecule has 0 aliphatic rings. The first-order valence-corrected chi connectivity index (χ1v) is 13.0. The van der Waals surface area contributed by atoms with Gasteiger partial charge < -0.3 is 14.6 Å². The normalized spacial score (nSPS) is 11.3. The summed E-state index contributed by atoms with van der Waals surface area (Å²) in [5, 5.41) is 14.2. The number of aromatic nitrogens is 2. The second-order valence-corrected chi connectivity index (χ2v) is 9.91. The zero-order valence-electron chi connectivity index (χ0n) is 19.7. The van der Waals surface area contributed by atoms with Gasteiger partial charge in [-0.3, -0.25) is 4.79 Å². The number of nitrogens with zero attached hydrogens (tertiary/aromatic N) is 3. The van der Waals surface area contributed by atoms with E-state index < -0.39 is 5.97 Å². The number of methoxy groups -OCH3 is 1. The van der Waals surface area contributed by atoms with Gasteiger partial charge in [0.1, 0.15) is 17.5 Å². The van der Waals surface area contributed by atoms with Crippen LogP contribution in [0.1, 0.15) is 34.2 Å². The number of benzene rings is 3. The summed E-state index contributed by atoms with van der Waals surface area (Å²) < 4.78 is 13.9. The molecule has 0 saturated heterocycles. The molecular weight excluding hydrogens is 630 g/mol. The molecule has 0 bridgehead atoms. The third-order valence-corrected chi connectivity index (χ3v) is 7.40. The quantitative estimate of drug-likeness (QED) is 0.225. The number of aryl methyl sites for hydroxylation is 1. The molecular formula is C26H20Br2ClN3O5. The van der Waals surface area contributed by atoms with Gasteiger partial charge in [-0.2, -0.15) is 9.78 Å². The zero-order chi connectivity index (χ0) is 26.7. The van der Waals surface area contributed by atoms with Crippen LogP contribution in [0, 0.1) is 0 Å². The Bertz CT molecular complexity index is 1590. The van der Waals surface area contributed by atoms with Crippen molar-refractivity contribution in [3.8, 4) is 11.5 Å². The number of rotatable bonds is 8. The van der Waals surface area contributed by atoms with Crippen LogP contribution in [0.15, 0.2) is 67.4 Å². The van der Waals surface area contributed by atoms with Crippen LogP contribution in [0.3, 0.4) is 0 Å². The maximum atomic E-state index is 13.2. The van der Waals surface area contributed by atoms with Gasteiger partial charge in [-0.05, 0) is 57.9 Å². The lowest BCUT2D eigenvalue weighted by Crippen LogP contribution is -2.22. The molecule has 0 aliphatic heterocycles. The third kappa shape index (κ3) is 5.71. The minimum atomic E-state index is -1.00. The summed E-state index contributed by atoms with van der Waals surface area (Å²) in [5.41, 5.74) is 1.81. The van der Waals surface area contributed by atoms with E-state index in [-0.39, 0.29) is 22.8 Å². The summed E-state index contributed by atoms with van der Waals surface area (Å²) in [5.74, 6) is 0.178. The average Bonchev–Trinajstić information content (AvgIpc) is 2.90. The van der Waals surface area contributed by atoms with E-state index in [9.17, 15) is 9.59 Å². The molecule has 8 nitrogen and oxygen atoms in total. The molecule has 4 rings (SSSR count). The highest BCUT2D eigenvalue weighted by Crippen LogP contribution is 2.42. The molecule has 3 aromatic carbocycles. The van der Waals surface area contributed by atoms with Crippen LogP contribution in [-0.2, 0) is 13.0 Å². The number of hydrogen-bond donors (Lipinski definition) is 1. The lowest BCUT2D eigenvalue weighted by atomic mass is 10.1. The fraction of sp³-hybridized carbons (Fsp3) is 0.154. The van der Waals surface area contributed by atoms with E-state index in [1.165, 1.54) is 30.1 Å². The number of hydrogen-bond acceptors (Lipinski definition) is 6. The smallest absolute Gasteiger partial charge is 0.335 e. The maximum absolute atomic E-state index is 13.2. The topological polar surface area (TPSA) is 103 Å². The van der Waals surface area contributed by atoms with Crippen molar-refractivity contribution >= 4 is 66.5 Å². The van der Waals surface area contributed by atoms with E-state index in [4.69, 9.17) is 26.2 Å². The minimum absolute atomic E-state index is 0.142. The second-order valence-electron chi connectivity index (χ2n) is 7.82. The number of fused-ring (bicyclic) bond motifs is 1. The van der Waals surface area contributed by atoms with Gasteiger partial charge in [0.25, 0.3) is 5.56 Å². The minimum Gasteiger partial charge on any atom is -0.493 e.